The largest absolute Gasteiger partial charge is 0.382 e. The second-order valence-electron chi connectivity index (χ2n) is 4.46. The van der Waals surface area contributed by atoms with Crippen LogP contribution in [0.1, 0.15) is 31.7 Å². The predicted octanol–water partition coefficient (Wildman–Crippen LogP) is 4.36. The van der Waals surface area contributed by atoms with Crippen LogP contribution in [0.5, 0.6) is 0 Å². The van der Waals surface area contributed by atoms with E-state index in [9.17, 15) is 0 Å². The van der Waals surface area contributed by atoms with Gasteiger partial charge in [0.2, 0.25) is 0 Å². The lowest BCUT2D eigenvalue weighted by molar-refractivity contribution is 0.616. The molecule has 1 aliphatic carbocycles. The molecule has 1 nitrogen and oxygen atoms in total. The topological polar surface area (TPSA) is 12.0 Å². The normalized spacial score (nSPS) is 17.5. The van der Waals surface area contributed by atoms with Gasteiger partial charge in [-0.3, -0.25) is 0 Å². The first-order valence-corrected chi connectivity index (χ1v) is 6.52. The van der Waals surface area contributed by atoms with Crippen LogP contribution in [-0.2, 0) is 0 Å². The lowest BCUT2D eigenvalue weighted by Crippen LogP contribution is -2.20. The molecule has 1 aliphatic rings. The van der Waals surface area contributed by atoms with Gasteiger partial charge < -0.3 is 5.32 Å². The number of rotatable bonds is 4. The lowest BCUT2D eigenvalue weighted by Gasteiger charge is -2.18. The van der Waals surface area contributed by atoms with Gasteiger partial charge in [0.25, 0.3) is 0 Å². The van der Waals surface area contributed by atoms with Gasteiger partial charge in [0, 0.05) is 16.2 Å². The monoisotopic (exact) mass is 267 g/mol. The number of anilines is 1. The second-order valence-corrected chi connectivity index (χ2v) is 5.31. The average molecular weight is 268 g/mol. The number of benzene rings is 1. The number of aryl methyl sites for hydroxylation is 1. The first-order chi connectivity index (χ1) is 7.20. The molecule has 1 atom stereocenters. The molecular formula is C13H18BrN. The molecule has 0 spiro atoms. The maximum atomic E-state index is 3.63. The molecule has 0 bridgehead atoms. The van der Waals surface area contributed by atoms with Crippen LogP contribution >= 0.6 is 15.9 Å². The minimum Gasteiger partial charge on any atom is -0.382 e. The third-order valence-corrected chi connectivity index (χ3v) is 4.01. The second kappa shape index (κ2) is 4.56. The minimum absolute atomic E-state index is 0.666. The van der Waals surface area contributed by atoms with Crippen molar-refractivity contribution in [2.45, 2.75) is 39.2 Å². The molecule has 15 heavy (non-hydrogen) atoms. The zero-order valence-electron chi connectivity index (χ0n) is 9.39. The van der Waals surface area contributed by atoms with Crippen molar-refractivity contribution < 1.29 is 0 Å². The quantitative estimate of drug-likeness (QED) is 0.855. The minimum atomic E-state index is 0.666. The predicted molar refractivity (Wildman–Crippen MR) is 69.3 cm³/mol. The van der Waals surface area contributed by atoms with Crippen molar-refractivity contribution in [2.75, 3.05) is 5.32 Å². The van der Waals surface area contributed by atoms with Gasteiger partial charge in [-0.2, -0.15) is 0 Å². The van der Waals surface area contributed by atoms with Gasteiger partial charge in [-0.15, -0.1) is 0 Å². The van der Waals surface area contributed by atoms with Gasteiger partial charge in [-0.05, 0) is 49.8 Å². The Kier molecular flexibility index (Phi) is 3.35. The maximum absolute atomic E-state index is 3.63. The van der Waals surface area contributed by atoms with Crippen molar-refractivity contribution in [2.24, 2.45) is 5.92 Å². The van der Waals surface area contributed by atoms with Crippen LogP contribution in [0.25, 0.3) is 0 Å². The molecule has 1 aromatic rings. The average Bonchev–Trinajstić information content (AvgIpc) is 3.03. The highest BCUT2D eigenvalue weighted by Gasteiger charge is 2.29. The van der Waals surface area contributed by atoms with Crippen LogP contribution in [0.4, 0.5) is 5.69 Å². The van der Waals surface area contributed by atoms with Crippen molar-refractivity contribution in [3.63, 3.8) is 0 Å². The van der Waals surface area contributed by atoms with Gasteiger partial charge in [-0.25, -0.2) is 0 Å². The molecule has 1 aromatic carbocycles. The Bertz CT molecular complexity index is 344. The van der Waals surface area contributed by atoms with Crippen LogP contribution in [0.2, 0.25) is 0 Å². The summed E-state index contributed by atoms with van der Waals surface area (Å²) in [5, 5.41) is 3.63. The molecular weight excluding hydrogens is 250 g/mol. The fraction of sp³-hybridized carbons (Fsp3) is 0.538. The van der Waals surface area contributed by atoms with Crippen LogP contribution in [-0.4, -0.2) is 6.04 Å². The van der Waals surface area contributed by atoms with Crippen molar-refractivity contribution in [3.05, 3.63) is 28.2 Å². The Balaban J connectivity index is 2.05. The van der Waals surface area contributed by atoms with E-state index in [1.165, 1.54) is 35.0 Å². The van der Waals surface area contributed by atoms with Crippen molar-refractivity contribution in [1.82, 2.24) is 0 Å². The molecule has 0 saturated heterocycles. The molecule has 0 heterocycles. The molecule has 1 unspecified atom stereocenters. The van der Waals surface area contributed by atoms with E-state index >= 15 is 0 Å². The Hall–Kier alpha value is -0.500. The van der Waals surface area contributed by atoms with E-state index in [0.29, 0.717) is 6.04 Å². The van der Waals surface area contributed by atoms with Gasteiger partial charge in [-0.1, -0.05) is 28.9 Å². The van der Waals surface area contributed by atoms with E-state index < -0.39 is 0 Å². The fourth-order valence-corrected chi connectivity index (χ4v) is 2.33. The summed E-state index contributed by atoms with van der Waals surface area (Å²) >= 11 is 3.57. The smallest absolute Gasteiger partial charge is 0.0353 e. The van der Waals surface area contributed by atoms with Crippen LogP contribution in [0.3, 0.4) is 0 Å². The Morgan fingerprint density at radius 2 is 2.20 bits per heavy atom. The van der Waals surface area contributed by atoms with Gasteiger partial charge in [0.15, 0.2) is 0 Å². The van der Waals surface area contributed by atoms with E-state index in [1.807, 2.05) is 0 Å². The van der Waals surface area contributed by atoms with Crippen LogP contribution in [0, 0.1) is 12.8 Å². The summed E-state index contributed by atoms with van der Waals surface area (Å²) in [6, 6.07) is 7.18. The van der Waals surface area contributed by atoms with Crippen LogP contribution < -0.4 is 5.32 Å². The molecule has 82 valence electrons. The highest BCUT2D eigenvalue weighted by molar-refractivity contribution is 9.10. The third kappa shape index (κ3) is 2.75. The zero-order chi connectivity index (χ0) is 10.8. The number of hydrogen-bond acceptors (Lipinski definition) is 1. The Labute approximate surface area is 100 Å². The molecule has 1 saturated carbocycles. The number of nitrogens with one attached hydrogen (secondary N) is 1. The summed E-state index contributed by atoms with van der Waals surface area (Å²) in [7, 11) is 0. The molecule has 0 aliphatic heterocycles. The Morgan fingerprint density at radius 3 is 2.73 bits per heavy atom. The molecule has 2 heteroatoms. The zero-order valence-corrected chi connectivity index (χ0v) is 11.0. The molecule has 0 amide bonds. The maximum Gasteiger partial charge on any atom is 0.0353 e. The van der Waals surface area contributed by atoms with Gasteiger partial charge >= 0.3 is 0 Å². The summed E-state index contributed by atoms with van der Waals surface area (Å²) in [6.45, 7) is 4.38. The van der Waals surface area contributed by atoms with Crippen LogP contribution in [0.15, 0.2) is 22.7 Å². The Morgan fingerprint density at radius 1 is 1.47 bits per heavy atom. The molecule has 1 N–H and O–H groups in total. The summed E-state index contributed by atoms with van der Waals surface area (Å²) in [6.07, 6.45) is 4.02. The van der Waals surface area contributed by atoms with E-state index in [-0.39, 0.29) is 0 Å². The highest BCUT2D eigenvalue weighted by Crippen LogP contribution is 2.36. The van der Waals surface area contributed by atoms with E-state index in [1.54, 1.807) is 0 Å². The summed E-state index contributed by atoms with van der Waals surface area (Å²) in [5.74, 6) is 0.912. The standard InChI is InChI=1S/C13H18BrN/c1-3-13(10-5-6-10)15-11-7-4-9(2)12(14)8-11/h4,7-8,10,13,15H,3,5-6H2,1-2H3. The molecule has 0 aromatic heterocycles. The van der Waals surface area contributed by atoms with Gasteiger partial charge in [0.05, 0.1) is 0 Å². The van der Waals surface area contributed by atoms with E-state index in [2.05, 4.69) is 53.3 Å². The lowest BCUT2D eigenvalue weighted by atomic mass is 10.1. The highest BCUT2D eigenvalue weighted by atomic mass is 79.9. The summed E-state index contributed by atoms with van der Waals surface area (Å²) in [4.78, 5) is 0. The van der Waals surface area contributed by atoms with Crippen molar-refractivity contribution >= 4 is 21.6 Å². The summed E-state index contributed by atoms with van der Waals surface area (Å²) < 4.78 is 1.19. The molecule has 0 radical (unpaired) electrons. The first-order valence-electron chi connectivity index (χ1n) is 5.73. The summed E-state index contributed by atoms with van der Waals surface area (Å²) in [5.41, 5.74) is 2.53. The molecule has 2 rings (SSSR count). The van der Waals surface area contributed by atoms with Crippen molar-refractivity contribution in [1.29, 1.82) is 0 Å². The molecule has 1 fully saturated rings. The van der Waals surface area contributed by atoms with E-state index in [0.717, 1.165) is 5.92 Å². The fourth-order valence-electron chi connectivity index (χ4n) is 1.95. The number of hydrogen-bond donors (Lipinski definition) is 1. The SMILES string of the molecule is CCC(Nc1ccc(C)c(Br)c1)C1CC1. The number of halogens is 1. The first kappa shape index (κ1) is 11.0. The van der Waals surface area contributed by atoms with Crippen molar-refractivity contribution in [3.8, 4) is 0 Å². The van der Waals surface area contributed by atoms with E-state index in [4.69, 9.17) is 0 Å². The van der Waals surface area contributed by atoms with Gasteiger partial charge in [0.1, 0.15) is 0 Å². The third-order valence-electron chi connectivity index (χ3n) is 3.15.